The molecule has 0 bridgehead atoms. The summed E-state index contributed by atoms with van der Waals surface area (Å²) in [6.07, 6.45) is 0. The molecule has 136 valence electrons. The van der Waals surface area contributed by atoms with Crippen LogP contribution in [-0.2, 0) is 0 Å². The summed E-state index contributed by atoms with van der Waals surface area (Å²) in [4.78, 5) is 8.34. The van der Waals surface area contributed by atoms with E-state index in [-0.39, 0.29) is 0 Å². The van der Waals surface area contributed by atoms with E-state index in [2.05, 4.69) is 28.2 Å². The van der Waals surface area contributed by atoms with Crippen molar-refractivity contribution in [1.29, 1.82) is 0 Å². The number of nitrogens with zero attached hydrogens (tertiary/aromatic N) is 4. The van der Waals surface area contributed by atoms with Crippen molar-refractivity contribution in [3.8, 4) is 22.6 Å². The zero-order chi connectivity index (χ0) is 19.1. The zero-order valence-electron chi connectivity index (χ0n) is 14.6. The van der Waals surface area contributed by atoms with Gasteiger partial charge in [0.1, 0.15) is 0 Å². The first-order valence-corrected chi connectivity index (χ1v) is 9.67. The Morgan fingerprint density at radius 2 is 1.54 bits per heavy atom. The second-order valence-electron chi connectivity index (χ2n) is 6.40. The predicted octanol–water partition coefficient (Wildman–Crippen LogP) is 6.09. The number of rotatable bonds is 3. The fraction of sp³-hybridized carbons (Fsp3) is 0.0455. The van der Waals surface area contributed by atoms with Crippen molar-refractivity contribution in [1.82, 2.24) is 19.6 Å². The van der Waals surface area contributed by atoms with E-state index in [9.17, 15) is 0 Å². The molecule has 0 N–H and O–H groups in total. The lowest BCUT2D eigenvalue weighted by atomic mass is 10.0. The predicted molar refractivity (Wildman–Crippen MR) is 114 cm³/mol. The van der Waals surface area contributed by atoms with Gasteiger partial charge in [0.05, 0.1) is 5.69 Å². The van der Waals surface area contributed by atoms with Crippen LogP contribution in [0.25, 0.3) is 39.1 Å². The van der Waals surface area contributed by atoms with Crippen molar-refractivity contribution in [3.05, 3.63) is 84.7 Å². The third-order valence-electron chi connectivity index (χ3n) is 4.64. The molecule has 5 aromatic rings. The molecule has 2 heterocycles. The lowest BCUT2D eigenvalue weighted by Crippen LogP contribution is -2.05. The maximum absolute atomic E-state index is 6.12. The van der Waals surface area contributed by atoms with Gasteiger partial charge in [0.25, 0.3) is 0 Å². The fourth-order valence-electron chi connectivity index (χ4n) is 3.35. The quantitative estimate of drug-likeness (QED) is 0.341. The molecule has 2 aromatic heterocycles. The highest BCUT2D eigenvalue weighted by molar-refractivity contribution is 6.43. The Morgan fingerprint density at radius 3 is 2.36 bits per heavy atom. The first-order valence-electron chi connectivity index (χ1n) is 8.80. The van der Waals surface area contributed by atoms with Crippen LogP contribution in [0.1, 0.15) is 10.7 Å². The molecular formula is C22H14Cl2N4. The van der Waals surface area contributed by atoms with Gasteiger partial charge in [-0.05, 0) is 10.8 Å². The Balaban J connectivity index is 1.83. The summed E-state index contributed by atoms with van der Waals surface area (Å²) in [6.45, 7) is 0. The minimum atomic E-state index is -0.825. The second kappa shape index (κ2) is 6.89. The highest BCUT2D eigenvalue weighted by Gasteiger charge is 2.18. The van der Waals surface area contributed by atoms with E-state index in [1.165, 1.54) is 0 Å². The van der Waals surface area contributed by atoms with Crippen LogP contribution < -0.4 is 0 Å². The molecule has 6 heteroatoms. The standard InChI is InChI=1S/C22H14Cl2N4/c23-20(24)21-25-19-13-18(15-8-2-1-3-9-15)27-28(19)22(26-21)17-12-6-10-14-7-4-5-11-16(14)17/h1-13,20H. The van der Waals surface area contributed by atoms with Gasteiger partial charge >= 0.3 is 0 Å². The SMILES string of the molecule is ClC(Cl)c1nc(-c2cccc3ccccc23)n2nc(-c3ccccc3)cc2n1. The molecule has 0 aliphatic rings. The summed E-state index contributed by atoms with van der Waals surface area (Å²) in [5.41, 5.74) is 3.42. The molecule has 0 aliphatic carbocycles. The molecular weight excluding hydrogens is 391 g/mol. The van der Waals surface area contributed by atoms with Crippen molar-refractivity contribution in [2.75, 3.05) is 0 Å². The normalized spacial score (nSPS) is 11.5. The van der Waals surface area contributed by atoms with Crippen molar-refractivity contribution in [2.24, 2.45) is 0 Å². The Bertz CT molecular complexity index is 1290. The third kappa shape index (κ3) is 2.91. The number of hydrogen-bond donors (Lipinski definition) is 0. The van der Waals surface area contributed by atoms with Crippen LogP contribution in [0.4, 0.5) is 0 Å². The van der Waals surface area contributed by atoms with E-state index >= 15 is 0 Å². The van der Waals surface area contributed by atoms with E-state index in [0.717, 1.165) is 27.6 Å². The van der Waals surface area contributed by atoms with E-state index < -0.39 is 4.84 Å². The monoisotopic (exact) mass is 404 g/mol. The largest absolute Gasteiger partial charge is 0.211 e. The maximum atomic E-state index is 6.12. The summed E-state index contributed by atoms with van der Waals surface area (Å²) >= 11 is 12.2. The molecule has 4 nitrogen and oxygen atoms in total. The molecule has 5 rings (SSSR count). The first-order chi connectivity index (χ1) is 13.7. The third-order valence-corrected chi connectivity index (χ3v) is 5.03. The highest BCUT2D eigenvalue weighted by Crippen LogP contribution is 2.31. The average molecular weight is 405 g/mol. The van der Waals surface area contributed by atoms with E-state index in [1.807, 2.05) is 60.7 Å². The Kier molecular flexibility index (Phi) is 4.23. The van der Waals surface area contributed by atoms with Crippen LogP contribution in [-0.4, -0.2) is 19.6 Å². The van der Waals surface area contributed by atoms with Gasteiger partial charge < -0.3 is 0 Å². The van der Waals surface area contributed by atoms with Gasteiger partial charge in [-0.2, -0.15) is 9.61 Å². The number of hydrogen-bond acceptors (Lipinski definition) is 3. The van der Waals surface area contributed by atoms with Gasteiger partial charge in [0.2, 0.25) is 0 Å². The summed E-state index contributed by atoms with van der Waals surface area (Å²) in [5, 5.41) is 6.97. The molecule has 0 saturated heterocycles. The summed E-state index contributed by atoms with van der Waals surface area (Å²) in [5.74, 6) is 1.02. The van der Waals surface area contributed by atoms with Crippen LogP contribution in [0, 0.1) is 0 Å². The molecule has 0 saturated carbocycles. The van der Waals surface area contributed by atoms with E-state index in [1.54, 1.807) is 4.52 Å². The molecule has 0 atom stereocenters. The number of aromatic nitrogens is 4. The van der Waals surface area contributed by atoms with E-state index in [4.69, 9.17) is 28.3 Å². The smallest absolute Gasteiger partial charge is 0.167 e. The second-order valence-corrected chi connectivity index (χ2v) is 7.49. The topological polar surface area (TPSA) is 43.1 Å². The number of halogens is 2. The summed E-state index contributed by atoms with van der Waals surface area (Å²) < 4.78 is 1.75. The van der Waals surface area contributed by atoms with Crippen molar-refractivity contribution >= 4 is 39.6 Å². The Morgan fingerprint density at radius 1 is 0.786 bits per heavy atom. The molecule has 3 aromatic carbocycles. The van der Waals surface area contributed by atoms with Gasteiger partial charge in [-0.25, -0.2) is 9.97 Å². The maximum Gasteiger partial charge on any atom is 0.167 e. The molecule has 0 unspecified atom stereocenters. The lowest BCUT2D eigenvalue weighted by molar-refractivity contribution is 0.875. The van der Waals surface area contributed by atoms with E-state index in [0.29, 0.717) is 17.3 Å². The average Bonchev–Trinajstić information content (AvgIpc) is 3.17. The Labute approximate surface area is 171 Å². The van der Waals surface area contributed by atoms with Crippen LogP contribution in [0.15, 0.2) is 78.9 Å². The summed E-state index contributed by atoms with van der Waals surface area (Å²) in [6, 6.07) is 26.2. The van der Waals surface area contributed by atoms with Gasteiger partial charge in [0, 0.05) is 17.2 Å². The van der Waals surface area contributed by atoms with Crippen molar-refractivity contribution in [2.45, 2.75) is 4.84 Å². The van der Waals surface area contributed by atoms with Crippen LogP contribution in [0.2, 0.25) is 0 Å². The van der Waals surface area contributed by atoms with Crippen molar-refractivity contribution in [3.63, 3.8) is 0 Å². The zero-order valence-corrected chi connectivity index (χ0v) is 16.1. The van der Waals surface area contributed by atoms with Gasteiger partial charge in [-0.15, -0.1) is 0 Å². The van der Waals surface area contributed by atoms with Gasteiger partial charge in [-0.3, -0.25) is 0 Å². The minimum absolute atomic E-state index is 0.360. The van der Waals surface area contributed by atoms with Gasteiger partial charge in [0.15, 0.2) is 22.1 Å². The fourth-order valence-corrected chi connectivity index (χ4v) is 3.54. The molecule has 0 spiro atoms. The lowest BCUT2D eigenvalue weighted by Gasteiger charge is -2.10. The van der Waals surface area contributed by atoms with Crippen LogP contribution in [0.5, 0.6) is 0 Å². The van der Waals surface area contributed by atoms with Crippen LogP contribution in [0.3, 0.4) is 0 Å². The number of alkyl halides is 2. The molecule has 0 fully saturated rings. The van der Waals surface area contributed by atoms with Gasteiger partial charge in [-0.1, -0.05) is 96.0 Å². The highest BCUT2D eigenvalue weighted by atomic mass is 35.5. The number of fused-ring (bicyclic) bond motifs is 2. The molecule has 0 amide bonds. The first kappa shape index (κ1) is 17.2. The summed E-state index contributed by atoms with van der Waals surface area (Å²) in [7, 11) is 0. The molecule has 0 radical (unpaired) electrons. The van der Waals surface area contributed by atoms with Crippen molar-refractivity contribution < 1.29 is 0 Å². The molecule has 28 heavy (non-hydrogen) atoms. The minimum Gasteiger partial charge on any atom is -0.211 e. The molecule has 0 aliphatic heterocycles. The number of benzene rings is 3. The Hall–Kier alpha value is -2.95. The van der Waals surface area contributed by atoms with Crippen LogP contribution >= 0.6 is 23.2 Å².